The summed E-state index contributed by atoms with van der Waals surface area (Å²) in [5.41, 5.74) is 1.33. The van der Waals surface area contributed by atoms with Crippen LogP contribution in [0.3, 0.4) is 0 Å². The zero-order chi connectivity index (χ0) is 11.4. The van der Waals surface area contributed by atoms with Crippen molar-refractivity contribution in [2.75, 3.05) is 0 Å². The van der Waals surface area contributed by atoms with E-state index in [1.54, 1.807) is 24.5 Å². The maximum atomic E-state index is 11.6. The van der Waals surface area contributed by atoms with E-state index < -0.39 is 0 Å². The summed E-state index contributed by atoms with van der Waals surface area (Å²) >= 11 is 0. The molecule has 0 aliphatic heterocycles. The van der Waals surface area contributed by atoms with E-state index in [1.807, 2.05) is 0 Å². The molecule has 0 bridgehead atoms. The second kappa shape index (κ2) is 4.48. The van der Waals surface area contributed by atoms with Crippen LogP contribution in [-0.4, -0.2) is 21.2 Å². The van der Waals surface area contributed by atoms with Crippen LogP contribution in [-0.2, 0) is 6.54 Å². The molecular weight excluding hydrogens is 206 g/mol. The molecule has 0 unspecified atom stereocenters. The lowest BCUT2D eigenvalue weighted by Gasteiger charge is -2.03. The van der Waals surface area contributed by atoms with Crippen molar-refractivity contribution in [1.29, 1.82) is 0 Å². The fourth-order valence-corrected chi connectivity index (χ4v) is 1.31. The lowest BCUT2D eigenvalue weighted by Crippen LogP contribution is -2.22. The highest BCUT2D eigenvalue weighted by Crippen LogP contribution is 2.10. The number of hydrogen-bond acceptors (Lipinski definition) is 3. The van der Waals surface area contributed by atoms with Gasteiger partial charge < -0.3 is 10.4 Å². The third-order valence-electron chi connectivity index (χ3n) is 2.12. The Labute approximate surface area is 92.1 Å². The second-order valence-corrected chi connectivity index (χ2v) is 3.34. The third kappa shape index (κ3) is 2.38. The molecule has 0 aliphatic rings. The van der Waals surface area contributed by atoms with Gasteiger partial charge in [0.05, 0.1) is 6.20 Å². The van der Waals surface area contributed by atoms with E-state index in [2.05, 4.69) is 15.5 Å². The van der Waals surface area contributed by atoms with Crippen LogP contribution in [0.15, 0.2) is 36.7 Å². The number of rotatable bonds is 3. The molecule has 1 aromatic heterocycles. The van der Waals surface area contributed by atoms with Crippen LogP contribution in [0.4, 0.5) is 0 Å². The van der Waals surface area contributed by atoms with E-state index in [0.29, 0.717) is 12.1 Å². The Morgan fingerprint density at radius 3 is 3.06 bits per heavy atom. The number of aromatic hydroxyl groups is 1. The van der Waals surface area contributed by atoms with E-state index in [4.69, 9.17) is 0 Å². The number of aromatic amines is 1. The van der Waals surface area contributed by atoms with E-state index >= 15 is 0 Å². The van der Waals surface area contributed by atoms with Crippen LogP contribution >= 0.6 is 0 Å². The first-order valence-corrected chi connectivity index (χ1v) is 4.80. The molecule has 1 aromatic carbocycles. The predicted octanol–water partition coefficient (Wildman–Crippen LogP) is 1.05. The maximum Gasteiger partial charge on any atom is 0.251 e. The third-order valence-corrected chi connectivity index (χ3v) is 2.12. The molecule has 3 N–H and O–H groups in total. The molecule has 0 fully saturated rings. The van der Waals surface area contributed by atoms with Gasteiger partial charge >= 0.3 is 0 Å². The van der Waals surface area contributed by atoms with Crippen LogP contribution in [0.1, 0.15) is 15.9 Å². The molecule has 0 atom stereocenters. The molecule has 2 rings (SSSR count). The molecule has 0 saturated carbocycles. The van der Waals surface area contributed by atoms with Crippen molar-refractivity contribution in [2.45, 2.75) is 6.54 Å². The number of aromatic nitrogens is 2. The number of H-pyrrole nitrogens is 1. The zero-order valence-electron chi connectivity index (χ0n) is 8.47. The second-order valence-electron chi connectivity index (χ2n) is 3.34. The molecule has 0 radical (unpaired) electrons. The highest BCUT2D eigenvalue weighted by atomic mass is 16.3. The number of nitrogens with zero attached hydrogens (tertiary/aromatic N) is 1. The number of nitrogens with one attached hydrogen (secondary N) is 2. The normalized spacial score (nSPS) is 10.0. The minimum absolute atomic E-state index is 0.0796. The Kier molecular flexibility index (Phi) is 2.86. The molecule has 5 heteroatoms. The van der Waals surface area contributed by atoms with Crippen molar-refractivity contribution in [3.8, 4) is 5.75 Å². The highest BCUT2D eigenvalue weighted by molar-refractivity contribution is 5.94. The number of phenols is 1. The lowest BCUT2D eigenvalue weighted by atomic mass is 10.2. The fourth-order valence-electron chi connectivity index (χ4n) is 1.31. The van der Waals surface area contributed by atoms with Gasteiger partial charge in [0.1, 0.15) is 5.75 Å². The smallest absolute Gasteiger partial charge is 0.251 e. The molecule has 82 valence electrons. The largest absolute Gasteiger partial charge is 0.508 e. The first kappa shape index (κ1) is 10.2. The van der Waals surface area contributed by atoms with E-state index in [-0.39, 0.29) is 11.7 Å². The number of carbonyl (C=O) groups excluding carboxylic acids is 1. The van der Waals surface area contributed by atoms with Crippen LogP contribution < -0.4 is 5.32 Å². The quantitative estimate of drug-likeness (QED) is 0.719. The summed E-state index contributed by atoms with van der Waals surface area (Å²) in [4.78, 5) is 11.6. The van der Waals surface area contributed by atoms with Gasteiger partial charge in [0.15, 0.2) is 0 Å². The van der Waals surface area contributed by atoms with Crippen LogP contribution in [0.5, 0.6) is 5.75 Å². The van der Waals surface area contributed by atoms with E-state index in [1.165, 1.54) is 12.1 Å². The van der Waals surface area contributed by atoms with Gasteiger partial charge in [-0.25, -0.2) is 0 Å². The zero-order valence-corrected chi connectivity index (χ0v) is 8.47. The number of hydrogen-bond donors (Lipinski definition) is 3. The first-order chi connectivity index (χ1) is 7.75. The van der Waals surface area contributed by atoms with E-state index in [9.17, 15) is 9.90 Å². The van der Waals surface area contributed by atoms with Crippen molar-refractivity contribution in [3.63, 3.8) is 0 Å². The fraction of sp³-hybridized carbons (Fsp3) is 0.0909. The van der Waals surface area contributed by atoms with Crippen LogP contribution in [0, 0.1) is 0 Å². The Morgan fingerprint density at radius 2 is 2.38 bits per heavy atom. The molecule has 0 aliphatic carbocycles. The average Bonchev–Trinajstić information content (AvgIpc) is 2.78. The Bertz CT molecular complexity index is 480. The van der Waals surface area contributed by atoms with Gasteiger partial charge in [-0.2, -0.15) is 5.10 Å². The molecule has 1 heterocycles. The van der Waals surface area contributed by atoms with Gasteiger partial charge in [0.2, 0.25) is 0 Å². The van der Waals surface area contributed by atoms with Crippen molar-refractivity contribution >= 4 is 5.91 Å². The molecule has 2 aromatic rings. The predicted molar refractivity (Wildman–Crippen MR) is 57.9 cm³/mol. The summed E-state index contributed by atoms with van der Waals surface area (Å²) in [6.45, 7) is 0.408. The summed E-state index contributed by atoms with van der Waals surface area (Å²) in [5.74, 6) is -0.145. The van der Waals surface area contributed by atoms with Crippen LogP contribution in [0.2, 0.25) is 0 Å². The van der Waals surface area contributed by atoms with Crippen molar-refractivity contribution in [1.82, 2.24) is 15.5 Å². The number of benzene rings is 1. The van der Waals surface area contributed by atoms with Gasteiger partial charge in [-0.1, -0.05) is 6.07 Å². The van der Waals surface area contributed by atoms with Crippen molar-refractivity contribution < 1.29 is 9.90 Å². The summed E-state index contributed by atoms with van der Waals surface area (Å²) in [6.07, 6.45) is 3.35. The van der Waals surface area contributed by atoms with Gasteiger partial charge in [-0.05, 0) is 18.2 Å². The van der Waals surface area contributed by atoms with Gasteiger partial charge in [-0.3, -0.25) is 9.89 Å². The molecule has 0 saturated heterocycles. The van der Waals surface area contributed by atoms with Crippen LogP contribution in [0.25, 0.3) is 0 Å². The molecule has 1 amide bonds. The monoisotopic (exact) mass is 217 g/mol. The van der Waals surface area contributed by atoms with Crippen molar-refractivity contribution in [3.05, 3.63) is 47.8 Å². The number of carbonyl (C=O) groups is 1. The lowest BCUT2D eigenvalue weighted by molar-refractivity contribution is 0.0950. The molecule has 0 spiro atoms. The Hall–Kier alpha value is -2.30. The highest BCUT2D eigenvalue weighted by Gasteiger charge is 2.05. The molecule has 5 nitrogen and oxygen atoms in total. The maximum absolute atomic E-state index is 11.6. The summed E-state index contributed by atoms with van der Waals surface area (Å²) in [7, 11) is 0. The van der Waals surface area contributed by atoms with E-state index in [0.717, 1.165) is 5.56 Å². The minimum Gasteiger partial charge on any atom is -0.508 e. The van der Waals surface area contributed by atoms with Gasteiger partial charge in [0.25, 0.3) is 5.91 Å². The first-order valence-electron chi connectivity index (χ1n) is 4.80. The summed E-state index contributed by atoms with van der Waals surface area (Å²) < 4.78 is 0. The van der Waals surface area contributed by atoms with Gasteiger partial charge in [-0.15, -0.1) is 0 Å². The average molecular weight is 217 g/mol. The SMILES string of the molecule is O=C(NCc1cn[nH]c1)c1cccc(O)c1. The molecular formula is C11H11N3O2. The Balaban J connectivity index is 1.98. The number of phenolic OH excluding ortho intramolecular Hbond substituents is 1. The topological polar surface area (TPSA) is 78.0 Å². The van der Waals surface area contributed by atoms with Gasteiger partial charge in [0, 0.05) is 23.9 Å². The summed E-state index contributed by atoms with van der Waals surface area (Å²) in [5, 5.41) is 18.4. The number of amides is 1. The minimum atomic E-state index is -0.225. The van der Waals surface area contributed by atoms with Crippen molar-refractivity contribution in [2.24, 2.45) is 0 Å². The Morgan fingerprint density at radius 1 is 1.50 bits per heavy atom. The standard InChI is InChI=1S/C11H11N3O2/c15-10-3-1-2-9(4-10)11(16)12-5-8-6-13-14-7-8/h1-4,6-7,15H,5H2,(H,12,16)(H,13,14). The molecule has 16 heavy (non-hydrogen) atoms. The summed E-state index contributed by atoms with van der Waals surface area (Å²) in [6, 6.07) is 6.21.